The first kappa shape index (κ1) is 22.3. The molecule has 0 fully saturated rings. The largest absolute Gasteiger partial charge is 0.323 e. The van der Waals surface area contributed by atoms with Gasteiger partial charge in [0.05, 0.1) is 16.6 Å². The number of amidine groups is 2. The number of hydrogen-bond donors (Lipinski definition) is 1. The minimum atomic E-state index is -0.694. The van der Waals surface area contributed by atoms with E-state index in [2.05, 4.69) is 10.3 Å². The van der Waals surface area contributed by atoms with E-state index in [-0.39, 0.29) is 16.6 Å². The summed E-state index contributed by atoms with van der Waals surface area (Å²) in [6.07, 6.45) is 0. The van der Waals surface area contributed by atoms with E-state index in [0.717, 1.165) is 29.0 Å². The van der Waals surface area contributed by atoms with Gasteiger partial charge in [-0.15, -0.1) is 0 Å². The fraction of sp³-hybridized carbons (Fsp3) is 0.120. The van der Waals surface area contributed by atoms with Gasteiger partial charge >= 0.3 is 0 Å². The van der Waals surface area contributed by atoms with Gasteiger partial charge in [0.25, 0.3) is 5.91 Å². The zero-order valence-electron chi connectivity index (χ0n) is 17.9. The molecule has 0 saturated carbocycles. The van der Waals surface area contributed by atoms with Crippen molar-refractivity contribution in [2.24, 2.45) is 9.98 Å². The molecule has 0 unspecified atom stereocenters. The molecule has 170 valence electrons. The molecule has 0 bridgehead atoms. The van der Waals surface area contributed by atoms with Gasteiger partial charge in [0, 0.05) is 10.6 Å². The number of aliphatic imine (C=N–C) groups is 2. The summed E-state index contributed by atoms with van der Waals surface area (Å²) >= 11 is 6.90. The SMILES string of the molecule is C[C@@H](SC1=Nc2ccccc2C2=N[C@H](c3ccccc3)C(=O)N12)C(=O)Nc1ccc(Cl)cc1F. The highest BCUT2D eigenvalue weighted by molar-refractivity contribution is 8.15. The van der Waals surface area contributed by atoms with Crippen LogP contribution < -0.4 is 5.32 Å². The van der Waals surface area contributed by atoms with Crippen LogP contribution in [-0.4, -0.2) is 33.0 Å². The minimum absolute atomic E-state index is 0.0291. The minimum Gasteiger partial charge on any atom is -0.323 e. The molecular formula is C25H18ClFN4O2S. The Morgan fingerprint density at radius 1 is 1.12 bits per heavy atom. The van der Waals surface area contributed by atoms with Crippen LogP contribution in [0, 0.1) is 5.82 Å². The normalized spacial score (nSPS) is 17.4. The van der Waals surface area contributed by atoms with Crippen LogP contribution >= 0.6 is 23.4 Å². The Balaban J connectivity index is 1.43. The smallest absolute Gasteiger partial charge is 0.263 e. The number of benzene rings is 3. The molecule has 1 N–H and O–H groups in total. The third-order valence-corrected chi connectivity index (χ3v) is 6.71. The number of carbonyl (C=O) groups is 2. The first-order valence-electron chi connectivity index (χ1n) is 10.5. The van der Waals surface area contributed by atoms with Crippen molar-refractivity contribution in [2.45, 2.75) is 18.2 Å². The van der Waals surface area contributed by atoms with Crippen LogP contribution in [0.25, 0.3) is 0 Å². The molecular weight excluding hydrogens is 475 g/mol. The number of para-hydroxylation sites is 1. The number of amides is 2. The molecule has 0 spiro atoms. The van der Waals surface area contributed by atoms with E-state index < -0.39 is 23.0 Å². The summed E-state index contributed by atoms with van der Waals surface area (Å²) in [7, 11) is 0. The van der Waals surface area contributed by atoms with Crippen LogP contribution in [-0.2, 0) is 9.59 Å². The van der Waals surface area contributed by atoms with Crippen molar-refractivity contribution >= 4 is 57.6 Å². The predicted molar refractivity (Wildman–Crippen MR) is 133 cm³/mol. The molecule has 2 aliphatic heterocycles. The van der Waals surface area contributed by atoms with Gasteiger partial charge in [0.15, 0.2) is 11.2 Å². The summed E-state index contributed by atoms with van der Waals surface area (Å²) in [6.45, 7) is 1.67. The maximum Gasteiger partial charge on any atom is 0.263 e. The summed E-state index contributed by atoms with van der Waals surface area (Å²) in [5.74, 6) is -0.795. The van der Waals surface area contributed by atoms with Crippen LogP contribution in [0.2, 0.25) is 5.02 Å². The second-order valence-electron chi connectivity index (χ2n) is 7.72. The van der Waals surface area contributed by atoms with Gasteiger partial charge in [-0.25, -0.2) is 19.3 Å². The number of fused-ring (bicyclic) bond motifs is 3. The molecule has 3 aromatic rings. The molecule has 5 rings (SSSR count). The molecule has 0 aromatic heterocycles. The monoisotopic (exact) mass is 492 g/mol. The zero-order valence-corrected chi connectivity index (χ0v) is 19.5. The van der Waals surface area contributed by atoms with E-state index in [1.807, 2.05) is 54.6 Å². The van der Waals surface area contributed by atoms with Crippen molar-refractivity contribution in [1.29, 1.82) is 0 Å². The van der Waals surface area contributed by atoms with Gasteiger partial charge in [-0.05, 0) is 42.8 Å². The highest BCUT2D eigenvalue weighted by atomic mass is 35.5. The van der Waals surface area contributed by atoms with Gasteiger partial charge in [-0.1, -0.05) is 65.8 Å². The van der Waals surface area contributed by atoms with Gasteiger partial charge in [-0.3, -0.25) is 9.59 Å². The third kappa shape index (κ3) is 4.10. The molecule has 0 radical (unpaired) electrons. The Hall–Kier alpha value is -3.49. The number of hydrogen-bond acceptors (Lipinski definition) is 5. The first-order chi connectivity index (χ1) is 16.4. The number of thioether (sulfide) groups is 1. The second kappa shape index (κ2) is 9.04. The summed E-state index contributed by atoms with van der Waals surface area (Å²) in [5.41, 5.74) is 2.22. The van der Waals surface area contributed by atoms with E-state index in [9.17, 15) is 14.0 Å². The molecule has 3 aromatic carbocycles. The summed E-state index contributed by atoms with van der Waals surface area (Å²) in [4.78, 5) is 37.1. The Morgan fingerprint density at radius 2 is 1.85 bits per heavy atom. The molecule has 0 aliphatic carbocycles. The van der Waals surface area contributed by atoms with E-state index >= 15 is 0 Å². The molecule has 0 saturated heterocycles. The van der Waals surface area contributed by atoms with Crippen molar-refractivity contribution < 1.29 is 14.0 Å². The van der Waals surface area contributed by atoms with E-state index in [0.29, 0.717) is 16.7 Å². The molecule has 2 amide bonds. The highest BCUT2D eigenvalue weighted by Crippen LogP contribution is 2.38. The Bertz CT molecular complexity index is 1360. The number of rotatable bonds is 4. The number of halogens is 2. The third-order valence-electron chi connectivity index (χ3n) is 5.43. The lowest BCUT2D eigenvalue weighted by molar-refractivity contribution is -0.124. The van der Waals surface area contributed by atoms with Gasteiger partial charge < -0.3 is 5.32 Å². The molecule has 6 nitrogen and oxygen atoms in total. The van der Waals surface area contributed by atoms with Crippen LogP contribution in [0.5, 0.6) is 0 Å². The maximum absolute atomic E-state index is 14.1. The van der Waals surface area contributed by atoms with E-state index in [1.165, 1.54) is 17.0 Å². The number of anilines is 1. The summed E-state index contributed by atoms with van der Waals surface area (Å²) in [6, 6.07) is 20.1. The summed E-state index contributed by atoms with van der Waals surface area (Å²) in [5, 5.41) is 2.48. The number of carbonyl (C=O) groups excluding carboxylic acids is 2. The van der Waals surface area contributed by atoms with Gasteiger partial charge in [0.2, 0.25) is 5.91 Å². The lowest BCUT2D eigenvalue weighted by atomic mass is 10.1. The summed E-state index contributed by atoms with van der Waals surface area (Å²) < 4.78 is 14.1. The number of nitrogens with one attached hydrogen (secondary N) is 1. The quantitative estimate of drug-likeness (QED) is 0.517. The van der Waals surface area contributed by atoms with Crippen LogP contribution in [0.3, 0.4) is 0 Å². The predicted octanol–water partition coefficient (Wildman–Crippen LogP) is 5.57. The zero-order chi connectivity index (χ0) is 23.8. The average Bonchev–Trinajstić information content (AvgIpc) is 3.19. The number of nitrogens with zero attached hydrogens (tertiary/aromatic N) is 3. The molecule has 34 heavy (non-hydrogen) atoms. The fourth-order valence-corrected chi connectivity index (χ4v) is 4.79. The molecule has 2 heterocycles. The van der Waals surface area contributed by atoms with Crippen molar-refractivity contribution in [3.05, 3.63) is 94.8 Å². The topological polar surface area (TPSA) is 74.1 Å². The van der Waals surface area contributed by atoms with E-state index in [4.69, 9.17) is 16.6 Å². The van der Waals surface area contributed by atoms with Crippen molar-refractivity contribution in [2.75, 3.05) is 5.32 Å². The van der Waals surface area contributed by atoms with Crippen LogP contribution in [0.15, 0.2) is 82.8 Å². The Morgan fingerprint density at radius 3 is 2.62 bits per heavy atom. The first-order valence-corrected chi connectivity index (χ1v) is 11.8. The van der Waals surface area contributed by atoms with Gasteiger partial charge in [-0.2, -0.15) is 0 Å². The van der Waals surface area contributed by atoms with Crippen LogP contribution in [0.4, 0.5) is 15.8 Å². The molecule has 9 heteroatoms. The Kier molecular flexibility index (Phi) is 5.93. The van der Waals surface area contributed by atoms with Crippen molar-refractivity contribution in [1.82, 2.24) is 4.90 Å². The van der Waals surface area contributed by atoms with Gasteiger partial charge in [0.1, 0.15) is 11.7 Å². The van der Waals surface area contributed by atoms with Crippen molar-refractivity contribution in [3.63, 3.8) is 0 Å². The fourth-order valence-electron chi connectivity index (χ4n) is 3.72. The van der Waals surface area contributed by atoms with Crippen molar-refractivity contribution in [3.8, 4) is 0 Å². The van der Waals surface area contributed by atoms with E-state index in [1.54, 1.807) is 6.92 Å². The lowest BCUT2D eigenvalue weighted by Gasteiger charge is -2.26. The highest BCUT2D eigenvalue weighted by Gasteiger charge is 2.42. The van der Waals surface area contributed by atoms with Crippen LogP contribution in [0.1, 0.15) is 24.1 Å². The Labute approximate surface area is 204 Å². The molecule has 2 atom stereocenters. The lowest BCUT2D eigenvalue weighted by Crippen LogP contribution is -2.41. The molecule has 2 aliphatic rings. The standard InChI is InChI=1S/C25H18ClFN4O2S/c1-14(23(32)28-20-12-11-16(26)13-18(20)27)34-25-29-19-10-6-5-9-17(19)22-30-21(24(33)31(22)25)15-7-3-2-4-8-15/h2-14,21H,1H3,(H,28,32)/t14-,21-/m1/s1. The second-order valence-corrected chi connectivity index (χ2v) is 9.47. The average molecular weight is 493 g/mol. The maximum atomic E-state index is 14.1.